The maximum absolute atomic E-state index is 14.3. The lowest BCUT2D eigenvalue weighted by Crippen LogP contribution is -2.60. The van der Waals surface area contributed by atoms with Crippen LogP contribution in [0.15, 0.2) is 42.5 Å². The van der Waals surface area contributed by atoms with Gasteiger partial charge in [0.1, 0.15) is 17.4 Å². The summed E-state index contributed by atoms with van der Waals surface area (Å²) in [5.41, 5.74) is -2.52. The lowest BCUT2D eigenvalue weighted by Gasteiger charge is -2.43. The summed E-state index contributed by atoms with van der Waals surface area (Å²) in [4.78, 5) is 56.4. The molecular weight excluding hydrogens is 546 g/mol. The first-order valence-corrected chi connectivity index (χ1v) is 12.8. The van der Waals surface area contributed by atoms with Gasteiger partial charge >= 0.3 is 12.2 Å². The Morgan fingerprint density at radius 1 is 1.05 bits per heavy atom. The molecule has 0 radical (unpaired) electrons. The van der Waals surface area contributed by atoms with Gasteiger partial charge in [0.2, 0.25) is 5.91 Å². The van der Waals surface area contributed by atoms with Crippen LogP contribution >= 0.6 is 0 Å². The van der Waals surface area contributed by atoms with Gasteiger partial charge in [0.15, 0.2) is 0 Å². The van der Waals surface area contributed by atoms with E-state index in [4.69, 9.17) is 5.26 Å². The van der Waals surface area contributed by atoms with Gasteiger partial charge in [-0.25, -0.2) is 9.18 Å². The predicted molar refractivity (Wildman–Crippen MR) is 138 cm³/mol. The molecule has 1 unspecified atom stereocenters. The Hall–Kier alpha value is -4.47. The molecule has 4 rings (SSSR count). The second-order valence-electron chi connectivity index (χ2n) is 10.4. The van der Waals surface area contributed by atoms with E-state index in [9.17, 15) is 36.7 Å². The summed E-state index contributed by atoms with van der Waals surface area (Å²) in [7, 11) is 1.37. The third kappa shape index (κ3) is 5.33. The summed E-state index contributed by atoms with van der Waals surface area (Å²) >= 11 is 0. The number of likely N-dealkylation sites (tertiary alicyclic amines) is 1. The Morgan fingerprint density at radius 2 is 1.66 bits per heavy atom. The molecule has 2 saturated heterocycles. The number of alkyl halides is 3. The van der Waals surface area contributed by atoms with Crippen molar-refractivity contribution in [3.63, 3.8) is 0 Å². The van der Waals surface area contributed by atoms with Gasteiger partial charge in [-0.2, -0.15) is 18.4 Å². The smallest absolute Gasteiger partial charge is 0.341 e. The van der Waals surface area contributed by atoms with E-state index < -0.39 is 64.4 Å². The monoisotopic (exact) mass is 573 g/mol. The van der Waals surface area contributed by atoms with Crippen molar-refractivity contribution < 1.29 is 36.7 Å². The average molecular weight is 574 g/mol. The topological polar surface area (TPSA) is 114 Å². The zero-order valence-corrected chi connectivity index (χ0v) is 22.5. The van der Waals surface area contributed by atoms with E-state index in [1.165, 1.54) is 29.0 Å². The first-order chi connectivity index (χ1) is 19.2. The van der Waals surface area contributed by atoms with Crippen LogP contribution in [-0.2, 0) is 15.8 Å². The van der Waals surface area contributed by atoms with Crippen LogP contribution in [0.25, 0.3) is 0 Å². The van der Waals surface area contributed by atoms with Crippen molar-refractivity contribution in [3.05, 3.63) is 65.0 Å². The SMILES string of the molecule is CC(C)C(NC(=O)c1cc(C(F)(F)F)ccc1F)C(=O)N1CCC2(CC1)C(=O)N(C)C(=O)N2c1ccc(C#N)cc1. The quantitative estimate of drug-likeness (QED) is 0.430. The van der Waals surface area contributed by atoms with E-state index in [0.717, 1.165) is 4.90 Å². The molecule has 9 nitrogen and oxygen atoms in total. The number of halogens is 4. The Balaban J connectivity index is 1.53. The number of nitrogens with one attached hydrogen (secondary N) is 1. The van der Waals surface area contributed by atoms with E-state index in [-0.39, 0.29) is 25.9 Å². The van der Waals surface area contributed by atoms with Crippen LogP contribution in [0.1, 0.15) is 48.2 Å². The number of benzene rings is 2. The standard InChI is InChI=1S/C28H27F4N5O4/c1-16(2)22(34-23(38)20-14-18(28(30,31)32)6-9-21(20)29)24(39)36-12-10-27(11-13-36)25(40)35(3)26(41)37(27)19-7-4-17(15-33)5-8-19/h4-9,14,16,22H,10-13H2,1-3H3,(H,34,38). The van der Waals surface area contributed by atoms with Crippen molar-refractivity contribution in [2.75, 3.05) is 25.0 Å². The fourth-order valence-corrected chi connectivity index (χ4v) is 5.21. The van der Waals surface area contributed by atoms with Crippen molar-refractivity contribution in [1.29, 1.82) is 5.26 Å². The van der Waals surface area contributed by atoms with Crippen LogP contribution in [-0.4, -0.2) is 65.3 Å². The van der Waals surface area contributed by atoms with Crippen LogP contribution in [0.2, 0.25) is 0 Å². The number of nitriles is 1. The average Bonchev–Trinajstić information content (AvgIpc) is 3.11. The van der Waals surface area contributed by atoms with Crippen LogP contribution in [0.4, 0.5) is 28.0 Å². The van der Waals surface area contributed by atoms with Gasteiger partial charge in [-0.15, -0.1) is 0 Å². The van der Waals surface area contributed by atoms with Gasteiger partial charge in [-0.05, 0) is 61.2 Å². The van der Waals surface area contributed by atoms with Crippen LogP contribution in [0.3, 0.4) is 0 Å². The molecule has 13 heteroatoms. The molecule has 1 spiro atoms. The lowest BCUT2D eigenvalue weighted by atomic mass is 9.85. The third-order valence-corrected chi connectivity index (χ3v) is 7.52. The van der Waals surface area contributed by atoms with Gasteiger partial charge in [-0.1, -0.05) is 13.8 Å². The molecule has 2 heterocycles. The molecule has 2 aromatic carbocycles. The van der Waals surface area contributed by atoms with Crippen LogP contribution in [0.5, 0.6) is 0 Å². The minimum absolute atomic E-state index is 0.0372. The van der Waals surface area contributed by atoms with Gasteiger partial charge in [0, 0.05) is 25.8 Å². The molecule has 216 valence electrons. The second-order valence-corrected chi connectivity index (χ2v) is 10.4. The highest BCUT2D eigenvalue weighted by Crippen LogP contribution is 2.40. The fourth-order valence-electron chi connectivity index (χ4n) is 5.21. The number of hydrogen-bond acceptors (Lipinski definition) is 5. The third-order valence-electron chi connectivity index (χ3n) is 7.52. The van der Waals surface area contributed by atoms with Crippen molar-refractivity contribution in [2.45, 2.75) is 44.4 Å². The number of imide groups is 1. The van der Waals surface area contributed by atoms with Crippen LogP contribution < -0.4 is 10.2 Å². The van der Waals surface area contributed by atoms with Gasteiger partial charge < -0.3 is 10.2 Å². The summed E-state index contributed by atoms with van der Waals surface area (Å²) in [6, 6.07) is 7.92. The number of piperidine rings is 1. The van der Waals surface area contributed by atoms with Crippen molar-refractivity contribution in [1.82, 2.24) is 15.1 Å². The molecule has 0 saturated carbocycles. The number of carbonyl (C=O) groups is 4. The molecule has 0 bridgehead atoms. The second kappa shape index (κ2) is 10.8. The van der Waals surface area contributed by atoms with Crippen molar-refractivity contribution in [2.24, 2.45) is 5.92 Å². The number of amides is 5. The molecule has 2 fully saturated rings. The minimum atomic E-state index is -4.79. The van der Waals surface area contributed by atoms with Gasteiger partial charge in [0.25, 0.3) is 11.8 Å². The fraction of sp³-hybridized carbons (Fsp3) is 0.393. The highest BCUT2D eigenvalue weighted by Gasteiger charge is 2.58. The van der Waals surface area contributed by atoms with Crippen LogP contribution in [0, 0.1) is 23.1 Å². The number of anilines is 1. The molecule has 2 aliphatic heterocycles. The minimum Gasteiger partial charge on any atom is -0.341 e. The molecule has 5 amide bonds. The first-order valence-electron chi connectivity index (χ1n) is 12.8. The summed E-state index contributed by atoms with van der Waals surface area (Å²) < 4.78 is 53.6. The number of hydrogen-bond donors (Lipinski definition) is 1. The highest BCUT2D eigenvalue weighted by molar-refractivity contribution is 6.16. The maximum Gasteiger partial charge on any atom is 0.416 e. The van der Waals surface area contributed by atoms with Gasteiger partial charge in [0.05, 0.1) is 22.8 Å². The first kappa shape index (κ1) is 29.5. The van der Waals surface area contributed by atoms with E-state index in [1.54, 1.807) is 26.0 Å². The lowest BCUT2D eigenvalue weighted by molar-refractivity contribution is -0.139. The summed E-state index contributed by atoms with van der Waals surface area (Å²) in [5.74, 6) is -3.83. The normalized spacial score (nSPS) is 17.7. The van der Waals surface area contributed by atoms with Crippen molar-refractivity contribution in [3.8, 4) is 6.07 Å². The van der Waals surface area contributed by atoms with E-state index in [0.29, 0.717) is 29.4 Å². The number of carbonyl (C=O) groups excluding carboxylic acids is 4. The molecule has 41 heavy (non-hydrogen) atoms. The molecule has 2 aliphatic rings. The molecular formula is C28H27F4N5O4. The molecule has 1 atom stereocenters. The van der Waals surface area contributed by atoms with Gasteiger partial charge in [-0.3, -0.25) is 24.2 Å². The van der Waals surface area contributed by atoms with E-state index >= 15 is 0 Å². The Bertz CT molecular complexity index is 1430. The molecule has 1 N–H and O–H groups in total. The molecule has 2 aromatic rings. The van der Waals surface area contributed by atoms with E-state index in [2.05, 4.69) is 5.32 Å². The zero-order valence-electron chi connectivity index (χ0n) is 22.5. The number of nitrogens with zero attached hydrogens (tertiary/aromatic N) is 4. The summed E-state index contributed by atoms with van der Waals surface area (Å²) in [6.45, 7) is 3.32. The summed E-state index contributed by atoms with van der Waals surface area (Å²) in [5, 5.41) is 11.5. The van der Waals surface area contributed by atoms with E-state index in [1.807, 2.05) is 6.07 Å². The largest absolute Gasteiger partial charge is 0.416 e. The number of urea groups is 1. The molecule has 0 aromatic heterocycles. The number of likely N-dealkylation sites (N-methyl/N-ethyl adjacent to an activating group) is 1. The zero-order chi connectivity index (χ0) is 30.3. The molecule has 0 aliphatic carbocycles. The van der Waals surface area contributed by atoms with Crippen molar-refractivity contribution >= 4 is 29.4 Å². The highest BCUT2D eigenvalue weighted by atomic mass is 19.4. The predicted octanol–water partition coefficient (Wildman–Crippen LogP) is 3.93. The Morgan fingerprint density at radius 3 is 2.20 bits per heavy atom. The Kier molecular flexibility index (Phi) is 7.80. The summed E-state index contributed by atoms with van der Waals surface area (Å²) in [6.07, 6.45) is -4.64. The number of rotatable bonds is 5. The Labute approximate surface area is 233 Å². The maximum atomic E-state index is 14.3.